The van der Waals surface area contributed by atoms with Crippen LogP contribution in [0.4, 0.5) is 5.82 Å². The fourth-order valence-electron chi connectivity index (χ4n) is 3.26. The maximum atomic E-state index is 11.5. The molecule has 0 spiro atoms. The molecule has 0 unspecified atom stereocenters. The van der Waals surface area contributed by atoms with Crippen LogP contribution in [0.15, 0.2) is 36.8 Å². The number of carboxylic acids is 1. The molecule has 138 valence electrons. The summed E-state index contributed by atoms with van der Waals surface area (Å²) in [4.78, 5) is 20.7. The van der Waals surface area contributed by atoms with Crippen LogP contribution in [0.25, 0.3) is 27.9 Å². The molecular formula is C19H20N6O2. The lowest BCUT2D eigenvalue weighted by molar-refractivity contribution is 0.0699. The van der Waals surface area contributed by atoms with Crippen LogP contribution in [-0.2, 0) is 6.54 Å². The highest BCUT2D eigenvalue weighted by atomic mass is 16.4. The summed E-state index contributed by atoms with van der Waals surface area (Å²) in [5.41, 5.74) is 2.89. The van der Waals surface area contributed by atoms with Gasteiger partial charge in [0.1, 0.15) is 17.0 Å². The Morgan fingerprint density at radius 2 is 2.19 bits per heavy atom. The molecule has 0 aromatic carbocycles. The van der Waals surface area contributed by atoms with E-state index in [4.69, 9.17) is 0 Å². The van der Waals surface area contributed by atoms with Gasteiger partial charge in [-0.1, -0.05) is 13.3 Å². The van der Waals surface area contributed by atoms with Crippen LogP contribution >= 0.6 is 0 Å². The van der Waals surface area contributed by atoms with Crippen molar-refractivity contribution in [1.29, 1.82) is 0 Å². The van der Waals surface area contributed by atoms with E-state index >= 15 is 0 Å². The minimum atomic E-state index is -1.05. The third kappa shape index (κ3) is 2.79. The molecule has 4 aromatic heterocycles. The zero-order valence-electron chi connectivity index (χ0n) is 15.2. The number of aromatic nitrogens is 5. The highest BCUT2D eigenvalue weighted by Crippen LogP contribution is 2.31. The second-order valence-corrected chi connectivity index (χ2v) is 6.34. The predicted molar refractivity (Wildman–Crippen MR) is 103 cm³/mol. The molecule has 4 heterocycles. The Kier molecular flexibility index (Phi) is 4.23. The standard InChI is InChI=1S/C19H20N6O2/c1-3-4-8-24-11-14(12-6-5-7-21-17(12)24)15-9-16(20-2)25-18(23-15)13(10-22-25)19(26)27/h5-7,9-11,20H,3-4,8H2,1-2H3,(H,26,27). The van der Waals surface area contributed by atoms with E-state index in [1.165, 1.54) is 10.7 Å². The molecule has 0 atom stereocenters. The Morgan fingerprint density at radius 3 is 2.93 bits per heavy atom. The van der Waals surface area contributed by atoms with Gasteiger partial charge in [-0.2, -0.15) is 9.61 Å². The normalized spacial score (nSPS) is 11.3. The summed E-state index contributed by atoms with van der Waals surface area (Å²) < 4.78 is 3.63. The minimum absolute atomic E-state index is 0.0706. The van der Waals surface area contributed by atoms with Crippen LogP contribution in [0, 0.1) is 0 Å². The molecule has 2 N–H and O–H groups in total. The number of pyridine rings is 1. The number of carboxylic acid groups (broad SMARTS) is 1. The maximum absolute atomic E-state index is 11.5. The van der Waals surface area contributed by atoms with Gasteiger partial charge in [0.25, 0.3) is 0 Å². The van der Waals surface area contributed by atoms with Crippen LogP contribution in [0.3, 0.4) is 0 Å². The zero-order chi connectivity index (χ0) is 19.0. The molecule has 4 aromatic rings. The summed E-state index contributed by atoms with van der Waals surface area (Å²) in [5, 5.41) is 17.6. The third-order valence-corrected chi connectivity index (χ3v) is 4.62. The number of aromatic carboxylic acids is 1. The summed E-state index contributed by atoms with van der Waals surface area (Å²) >= 11 is 0. The average Bonchev–Trinajstić information content (AvgIpc) is 3.27. The van der Waals surface area contributed by atoms with Crippen molar-refractivity contribution in [1.82, 2.24) is 24.1 Å². The molecule has 27 heavy (non-hydrogen) atoms. The molecule has 4 rings (SSSR count). The molecular weight excluding hydrogens is 344 g/mol. The van der Waals surface area contributed by atoms with Crippen LogP contribution in [-0.4, -0.2) is 42.3 Å². The van der Waals surface area contributed by atoms with Crippen molar-refractivity contribution >= 4 is 28.5 Å². The number of fused-ring (bicyclic) bond motifs is 2. The lowest BCUT2D eigenvalue weighted by Crippen LogP contribution is -2.04. The van der Waals surface area contributed by atoms with Crippen LogP contribution in [0.1, 0.15) is 30.1 Å². The van der Waals surface area contributed by atoms with E-state index in [1.54, 1.807) is 13.2 Å². The molecule has 0 aliphatic carbocycles. The fourth-order valence-corrected chi connectivity index (χ4v) is 3.26. The first-order valence-electron chi connectivity index (χ1n) is 8.88. The van der Waals surface area contributed by atoms with Gasteiger partial charge in [-0.25, -0.2) is 14.8 Å². The Bertz CT molecular complexity index is 1140. The van der Waals surface area contributed by atoms with Gasteiger partial charge >= 0.3 is 5.97 Å². The minimum Gasteiger partial charge on any atom is -0.477 e. The lowest BCUT2D eigenvalue weighted by atomic mass is 10.1. The van der Waals surface area contributed by atoms with Crippen LogP contribution in [0.2, 0.25) is 0 Å². The van der Waals surface area contributed by atoms with Gasteiger partial charge in [-0.05, 0) is 18.6 Å². The van der Waals surface area contributed by atoms with E-state index in [0.29, 0.717) is 17.2 Å². The Balaban J connectivity index is 1.96. The van der Waals surface area contributed by atoms with Gasteiger partial charge in [-0.15, -0.1) is 0 Å². The summed E-state index contributed by atoms with van der Waals surface area (Å²) in [6, 6.07) is 5.78. The van der Waals surface area contributed by atoms with Crippen molar-refractivity contribution in [3.63, 3.8) is 0 Å². The van der Waals surface area contributed by atoms with Crippen molar-refractivity contribution in [2.45, 2.75) is 26.3 Å². The number of aryl methyl sites for hydroxylation is 1. The van der Waals surface area contributed by atoms with Crippen LogP contribution in [0.5, 0.6) is 0 Å². The molecule has 0 amide bonds. The smallest absolute Gasteiger partial charge is 0.341 e. The Hall–Kier alpha value is -3.42. The van der Waals surface area contributed by atoms with Gasteiger partial charge in [0, 0.05) is 43.0 Å². The van der Waals surface area contributed by atoms with E-state index in [1.807, 2.05) is 24.4 Å². The molecule has 0 aliphatic heterocycles. The predicted octanol–water partition coefficient (Wildman–Crippen LogP) is 3.29. The first-order valence-corrected chi connectivity index (χ1v) is 8.88. The first kappa shape index (κ1) is 17.0. The van der Waals surface area contributed by atoms with Gasteiger partial charge in [-0.3, -0.25) is 0 Å². The number of hydrogen-bond acceptors (Lipinski definition) is 5. The highest BCUT2D eigenvalue weighted by molar-refractivity contribution is 5.97. The molecule has 8 nitrogen and oxygen atoms in total. The second-order valence-electron chi connectivity index (χ2n) is 6.34. The molecule has 0 aliphatic rings. The number of carbonyl (C=O) groups is 1. The number of unbranched alkanes of at least 4 members (excludes halogenated alkanes) is 1. The van der Waals surface area contributed by atoms with Crippen molar-refractivity contribution in [2.75, 3.05) is 12.4 Å². The molecule has 0 saturated heterocycles. The van der Waals surface area contributed by atoms with Crippen molar-refractivity contribution < 1.29 is 9.90 Å². The molecule has 8 heteroatoms. The van der Waals surface area contributed by atoms with Gasteiger partial charge in [0.15, 0.2) is 5.65 Å². The largest absolute Gasteiger partial charge is 0.477 e. The van der Waals surface area contributed by atoms with E-state index in [2.05, 4.69) is 31.9 Å². The first-order chi connectivity index (χ1) is 13.1. The lowest BCUT2D eigenvalue weighted by Gasteiger charge is -2.07. The second kappa shape index (κ2) is 6.71. The van der Waals surface area contributed by atoms with Gasteiger partial charge in [0.2, 0.25) is 0 Å². The number of nitrogens with zero attached hydrogens (tertiary/aromatic N) is 5. The van der Waals surface area contributed by atoms with E-state index < -0.39 is 5.97 Å². The molecule has 0 saturated carbocycles. The molecule has 0 fully saturated rings. The maximum Gasteiger partial charge on any atom is 0.341 e. The number of nitrogens with one attached hydrogen (secondary N) is 1. The molecule has 0 bridgehead atoms. The van der Waals surface area contributed by atoms with Crippen molar-refractivity contribution in [3.05, 3.63) is 42.4 Å². The van der Waals surface area contributed by atoms with E-state index in [9.17, 15) is 9.90 Å². The van der Waals surface area contributed by atoms with Crippen molar-refractivity contribution in [2.24, 2.45) is 0 Å². The van der Waals surface area contributed by atoms with E-state index in [0.717, 1.165) is 36.0 Å². The average molecular weight is 364 g/mol. The van der Waals surface area contributed by atoms with E-state index in [-0.39, 0.29) is 5.56 Å². The number of anilines is 1. The zero-order valence-corrected chi connectivity index (χ0v) is 15.2. The van der Waals surface area contributed by atoms with Gasteiger partial charge < -0.3 is 15.0 Å². The van der Waals surface area contributed by atoms with Crippen LogP contribution < -0.4 is 5.32 Å². The fraction of sp³-hybridized carbons (Fsp3) is 0.263. The number of rotatable bonds is 6. The summed E-state index contributed by atoms with van der Waals surface area (Å²) in [5.74, 6) is -0.385. The van der Waals surface area contributed by atoms with Gasteiger partial charge in [0.05, 0.1) is 11.9 Å². The SMILES string of the molecule is CCCCn1cc(-c2cc(NC)n3ncc(C(=O)O)c3n2)c2cccnc21. The molecule has 0 radical (unpaired) electrons. The summed E-state index contributed by atoms with van der Waals surface area (Å²) in [7, 11) is 1.77. The Morgan fingerprint density at radius 1 is 1.33 bits per heavy atom. The van der Waals surface area contributed by atoms with Crippen molar-refractivity contribution in [3.8, 4) is 11.3 Å². The summed E-state index contributed by atoms with van der Waals surface area (Å²) in [6.45, 7) is 3.03. The number of hydrogen-bond donors (Lipinski definition) is 2. The third-order valence-electron chi connectivity index (χ3n) is 4.62. The Labute approximate surface area is 155 Å². The monoisotopic (exact) mass is 364 g/mol. The highest BCUT2D eigenvalue weighted by Gasteiger charge is 2.19. The summed E-state index contributed by atoms with van der Waals surface area (Å²) in [6.07, 6.45) is 7.29. The topological polar surface area (TPSA) is 97.3 Å². The quantitative estimate of drug-likeness (QED) is 0.545.